The van der Waals surface area contributed by atoms with E-state index in [2.05, 4.69) is 4.40 Å². The largest absolute Gasteiger partial charge is 0.355 e. The highest BCUT2D eigenvalue weighted by molar-refractivity contribution is 7.90. The molecule has 0 bridgehead atoms. The van der Waals surface area contributed by atoms with Gasteiger partial charge in [-0.25, -0.2) is 0 Å². The first-order valence-corrected chi connectivity index (χ1v) is 11.4. The number of carbonyl (C=O) groups excluding carboxylic acids is 1. The Hall–Kier alpha value is -2.38. The van der Waals surface area contributed by atoms with Gasteiger partial charge in [0.25, 0.3) is 10.0 Å². The molecule has 1 saturated heterocycles. The van der Waals surface area contributed by atoms with Crippen molar-refractivity contribution >= 4 is 33.4 Å². The van der Waals surface area contributed by atoms with Crippen LogP contribution in [0.15, 0.2) is 57.8 Å². The van der Waals surface area contributed by atoms with Crippen molar-refractivity contribution in [2.24, 2.45) is 10.3 Å². The summed E-state index contributed by atoms with van der Waals surface area (Å²) in [7, 11) is -1.88. The van der Waals surface area contributed by atoms with Gasteiger partial charge >= 0.3 is 0 Å². The van der Waals surface area contributed by atoms with E-state index < -0.39 is 10.0 Å². The molecule has 2 aliphatic heterocycles. The molecule has 152 valence electrons. The number of sulfonamides is 1. The first kappa shape index (κ1) is 19.9. The predicted molar refractivity (Wildman–Crippen MR) is 112 cm³/mol. The zero-order valence-corrected chi connectivity index (χ0v) is 17.7. The molecule has 8 heteroatoms. The van der Waals surface area contributed by atoms with Crippen LogP contribution in [0.1, 0.15) is 24.0 Å². The molecule has 1 fully saturated rings. The molecule has 2 aliphatic rings. The van der Waals surface area contributed by atoms with Crippen LogP contribution >= 0.6 is 11.6 Å². The number of rotatable bonds is 3. The Kier molecular flexibility index (Phi) is 5.36. The summed E-state index contributed by atoms with van der Waals surface area (Å²) in [5.41, 5.74) is 1.59. The first-order chi connectivity index (χ1) is 13.8. The summed E-state index contributed by atoms with van der Waals surface area (Å²) in [5, 5.41) is 0.645. The SMILES string of the molecule is CN(Cc1cccc(Cl)c1)C(=O)C1CCCN(C2=NS(=O)(=O)c3ccccc32)C1. The molecule has 0 radical (unpaired) electrons. The maximum Gasteiger partial charge on any atom is 0.285 e. The van der Waals surface area contributed by atoms with Crippen molar-refractivity contribution in [3.63, 3.8) is 0 Å². The lowest BCUT2D eigenvalue weighted by molar-refractivity contribution is -0.136. The lowest BCUT2D eigenvalue weighted by Crippen LogP contribution is -2.45. The van der Waals surface area contributed by atoms with Gasteiger partial charge in [0.1, 0.15) is 4.90 Å². The van der Waals surface area contributed by atoms with E-state index in [1.165, 1.54) is 0 Å². The van der Waals surface area contributed by atoms with Gasteiger partial charge in [-0.15, -0.1) is 4.40 Å². The zero-order valence-electron chi connectivity index (χ0n) is 16.1. The minimum absolute atomic E-state index is 0.0458. The van der Waals surface area contributed by atoms with Crippen molar-refractivity contribution in [3.8, 4) is 0 Å². The van der Waals surface area contributed by atoms with Gasteiger partial charge in [0.2, 0.25) is 5.91 Å². The van der Waals surface area contributed by atoms with E-state index in [0.717, 1.165) is 18.4 Å². The Morgan fingerprint density at radius 2 is 2.03 bits per heavy atom. The number of likely N-dealkylation sites (tertiary alicyclic amines) is 1. The summed E-state index contributed by atoms with van der Waals surface area (Å²) in [4.78, 5) is 16.9. The third kappa shape index (κ3) is 4.02. The second-order valence-corrected chi connectivity index (χ2v) is 9.50. The molecule has 0 spiro atoms. The third-order valence-corrected chi connectivity index (χ3v) is 6.93. The van der Waals surface area contributed by atoms with E-state index in [-0.39, 0.29) is 16.7 Å². The molecule has 1 atom stereocenters. The van der Waals surface area contributed by atoms with Crippen LogP contribution in [0.4, 0.5) is 0 Å². The molecule has 6 nitrogen and oxygen atoms in total. The maximum atomic E-state index is 13.0. The molecule has 0 aliphatic carbocycles. The van der Waals surface area contributed by atoms with E-state index in [1.54, 1.807) is 42.3 Å². The normalized spacial score (nSPS) is 20.1. The van der Waals surface area contributed by atoms with E-state index in [4.69, 9.17) is 11.6 Å². The first-order valence-electron chi connectivity index (χ1n) is 9.54. The van der Waals surface area contributed by atoms with Crippen LogP contribution < -0.4 is 0 Å². The lowest BCUT2D eigenvalue weighted by atomic mass is 9.95. The average Bonchev–Trinajstić information content (AvgIpc) is 2.99. The molecule has 0 saturated carbocycles. The van der Waals surface area contributed by atoms with Gasteiger partial charge in [-0.05, 0) is 42.7 Å². The molecule has 1 unspecified atom stereocenters. The molecule has 2 heterocycles. The molecule has 4 rings (SSSR count). The van der Waals surface area contributed by atoms with Gasteiger partial charge < -0.3 is 9.80 Å². The topological polar surface area (TPSA) is 70.1 Å². The Labute approximate surface area is 175 Å². The molecule has 0 N–H and O–H groups in total. The number of benzene rings is 2. The van der Waals surface area contributed by atoms with Crippen molar-refractivity contribution in [1.29, 1.82) is 0 Å². The second kappa shape index (κ2) is 7.80. The zero-order chi connectivity index (χ0) is 20.6. The quantitative estimate of drug-likeness (QED) is 0.748. The van der Waals surface area contributed by atoms with Gasteiger partial charge in [0.05, 0.1) is 5.92 Å². The molecule has 0 aromatic heterocycles. The number of fused-ring (bicyclic) bond motifs is 1. The summed E-state index contributed by atoms with van der Waals surface area (Å²) >= 11 is 6.04. The number of amidine groups is 1. The monoisotopic (exact) mass is 431 g/mol. The van der Waals surface area contributed by atoms with Crippen molar-refractivity contribution in [2.75, 3.05) is 20.1 Å². The van der Waals surface area contributed by atoms with Crippen LogP contribution in [0.5, 0.6) is 0 Å². The van der Waals surface area contributed by atoms with Crippen LogP contribution in [0.25, 0.3) is 0 Å². The lowest BCUT2D eigenvalue weighted by Gasteiger charge is -2.35. The van der Waals surface area contributed by atoms with Crippen LogP contribution in [-0.4, -0.2) is 50.1 Å². The van der Waals surface area contributed by atoms with Gasteiger partial charge in [-0.2, -0.15) is 8.42 Å². The minimum Gasteiger partial charge on any atom is -0.355 e. The maximum absolute atomic E-state index is 13.0. The van der Waals surface area contributed by atoms with Gasteiger partial charge in [-0.3, -0.25) is 4.79 Å². The van der Waals surface area contributed by atoms with Gasteiger partial charge in [-0.1, -0.05) is 35.9 Å². The molecule has 1 amide bonds. The van der Waals surface area contributed by atoms with E-state index in [9.17, 15) is 13.2 Å². The number of carbonyl (C=O) groups is 1. The fourth-order valence-corrected chi connectivity index (χ4v) is 5.43. The number of halogens is 1. The summed E-state index contributed by atoms with van der Waals surface area (Å²) in [6, 6.07) is 14.3. The highest BCUT2D eigenvalue weighted by Gasteiger charge is 2.35. The average molecular weight is 432 g/mol. The highest BCUT2D eigenvalue weighted by Crippen LogP contribution is 2.30. The standard InChI is InChI=1S/C21H22ClN3O3S/c1-24(13-15-6-4-8-17(22)12-15)21(26)16-7-5-11-25(14-16)20-18-9-2-3-10-19(18)29(27,28)23-20/h2-4,6,8-10,12,16H,5,7,11,13-14H2,1H3. The number of nitrogens with zero attached hydrogens (tertiary/aromatic N) is 3. The summed E-state index contributed by atoms with van der Waals surface area (Å²) in [6.45, 7) is 1.62. The van der Waals surface area contributed by atoms with Crippen LogP contribution in [-0.2, 0) is 21.4 Å². The fourth-order valence-electron chi connectivity index (χ4n) is 3.99. The Morgan fingerprint density at radius 3 is 2.83 bits per heavy atom. The Balaban J connectivity index is 1.49. The third-order valence-electron chi connectivity index (χ3n) is 5.37. The summed E-state index contributed by atoms with van der Waals surface area (Å²) in [6.07, 6.45) is 1.58. The number of piperidine rings is 1. The molecular formula is C21H22ClN3O3S. The second-order valence-electron chi connectivity index (χ2n) is 7.50. The van der Waals surface area contributed by atoms with E-state index >= 15 is 0 Å². The van der Waals surface area contributed by atoms with Crippen LogP contribution in [0.2, 0.25) is 5.02 Å². The Morgan fingerprint density at radius 1 is 1.24 bits per heavy atom. The summed E-state index contributed by atoms with van der Waals surface area (Å²) < 4.78 is 28.7. The number of hydrogen-bond donors (Lipinski definition) is 0. The molecular weight excluding hydrogens is 410 g/mol. The smallest absolute Gasteiger partial charge is 0.285 e. The Bertz CT molecular complexity index is 1080. The fraction of sp³-hybridized carbons (Fsp3) is 0.333. The van der Waals surface area contributed by atoms with Gasteiger partial charge in [0.15, 0.2) is 5.84 Å². The molecule has 29 heavy (non-hydrogen) atoms. The van der Waals surface area contributed by atoms with E-state index in [1.807, 2.05) is 23.1 Å². The van der Waals surface area contributed by atoms with Crippen LogP contribution in [0.3, 0.4) is 0 Å². The minimum atomic E-state index is -3.66. The number of amides is 1. The van der Waals surface area contributed by atoms with Crippen LogP contribution in [0, 0.1) is 5.92 Å². The highest BCUT2D eigenvalue weighted by atomic mass is 35.5. The van der Waals surface area contributed by atoms with Crippen molar-refractivity contribution in [2.45, 2.75) is 24.3 Å². The predicted octanol–water partition coefficient (Wildman–Crippen LogP) is 3.16. The van der Waals surface area contributed by atoms with Crippen molar-refractivity contribution in [1.82, 2.24) is 9.80 Å². The van der Waals surface area contributed by atoms with Crippen molar-refractivity contribution < 1.29 is 13.2 Å². The number of hydrogen-bond acceptors (Lipinski definition) is 4. The molecule has 2 aromatic rings. The van der Waals surface area contributed by atoms with Crippen molar-refractivity contribution in [3.05, 3.63) is 64.7 Å². The van der Waals surface area contributed by atoms with Gasteiger partial charge in [0, 0.05) is 37.3 Å². The molecule has 2 aromatic carbocycles. The summed E-state index contributed by atoms with van der Waals surface area (Å²) in [5.74, 6) is 0.297. The van der Waals surface area contributed by atoms with E-state index in [0.29, 0.717) is 36.1 Å².